The molecule has 1 fully saturated rings. The summed E-state index contributed by atoms with van der Waals surface area (Å²) in [4.78, 5) is 15.5. The van der Waals surface area contributed by atoms with Gasteiger partial charge in [-0.05, 0) is 42.2 Å². The molecule has 0 spiro atoms. The molecule has 4 rings (SSSR count). The second kappa shape index (κ2) is 8.99. The fourth-order valence-corrected chi connectivity index (χ4v) is 5.50. The molecule has 1 saturated heterocycles. The summed E-state index contributed by atoms with van der Waals surface area (Å²) in [7, 11) is 3.27. The molecule has 1 N–H and O–H groups in total. The Kier molecular flexibility index (Phi) is 6.19. The zero-order chi connectivity index (χ0) is 20.2. The number of ether oxygens (including phenoxy) is 2. The molecule has 0 radical (unpaired) electrons. The molecule has 0 saturated carbocycles. The van der Waals surface area contributed by atoms with E-state index in [2.05, 4.69) is 34.5 Å². The third-order valence-electron chi connectivity index (χ3n) is 5.87. The highest BCUT2D eigenvalue weighted by atomic mass is 32.2. The number of amides is 1. The minimum atomic E-state index is 0.00287. The molecular formula is C23H28N2O3S. The number of anilines is 1. The van der Waals surface area contributed by atoms with E-state index in [-0.39, 0.29) is 17.9 Å². The summed E-state index contributed by atoms with van der Waals surface area (Å²) in [6.45, 7) is 1.63. The number of methoxy groups -OCH3 is 2. The molecule has 0 aliphatic carbocycles. The second-order valence-electron chi connectivity index (χ2n) is 7.51. The first-order valence-electron chi connectivity index (χ1n) is 10.1. The van der Waals surface area contributed by atoms with Crippen molar-refractivity contribution in [3.63, 3.8) is 0 Å². The lowest BCUT2D eigenvalue weighted by atomic mass is 9.85. The molecule has 2 aromatic rings. The van der Waals surface area contributed by atoms with Gasteiger partial charge in [-0.15, -0.1) is 0 Å². The second-order valence-corrected chi connectivity index (χ2v) is 8.66. The maximum atomic E-state index is 13.1. The Morgan fingerprint density at radius 1 is 1.17 bits per heavy atom. The number of carbonyl (C=O) groups is 1. The van der Waals surface area contributed by atoms with Gasteiger partial charge in [-0.1, -0.05) is 24.3 Å². The predicted molar refractivity (Wildman–Crippen MR) is 118 cm³/mol. The molecule has 29 heavy (non-hydrogen) atoms. The Labute approximate surface area is 176 Å². The number of benzene rings is 2. The number of thioether (sulfide) groups is 1. The number of nitrogens with zero attached hydrogens (tertiary/aromatic N) is 1. The largest absolute Gasteiger partial charge is 0.493 e. The van der Waals surface area contributed by atoms with Crippen LogP contribution in [0.5, 0.6) is 11.5 Å². The van der Waals surface area contributed by atoms with Gasteiger partial charge in [0.25, 0.3) is 0 Å². The van der Waals surface area contributed by atoms with E-state index in [9.17, 15) is 4.79 Å². The lowest BCUT2D eigenvalue weighted by Crippen LogP contribution is -2.55. The van der Waals surface area contributed by atoms with Gasteiger partial charge in [-0.2, -0.15) is 11.8 Å². The Hall–Kier alpha value is -2.34. The number of rotatable bonds is 6. The standard InChI is InChI=1S/C23H28N2O3S/c1-27-21-8-7-16(13-22(21)28-2)9-10-24-23(26)18-14-17-5-3-4-6-19(17)25-11-12-29-15-20(18)25/h3-8,13,18,20H,9-12,14-15H2,1-2H3,(H,24,26). The van der Waals surface area contributed by atoms with E-state index in [0.717, 1.165) is 48.0 Å². The zero-order valence-electron chi connectivity index (χ0n) is 17.0. The topological polar surface area (TPSA) is 50.8 Å². The molecule has 2 unspecified atom stereocenters. The highest BCUT2D eigenvalue weighted by Crippen LogP contribution is 2.37. The van der Waals surface area contributed by atoms with Gasteiger partial charge >= 0.3 is 0 Å². The van der Waals surface area contributed by atoms with Crippen molar-refractivity contribution < 1.29 is 14.3 Å². The normalized spacial score (nSPS) is 20.4. The van der Waals surface area contributed by atoms with Crippen LogP contribution in [0.4, 0.5) is 5.69 Å². The van der Waals surface area contributed by atoms with Gasteiger partial charge < -0.3 is 19.7 Å². The summed E-state index contributed by atoms with van der Waals surface area (Å²) in [5.41, 5.74) is 3.72. The number of hydrogen-bond donors (Lipinski definition) is 1. The highest BCUT2D eigenvalue weighted by Gasteiger charge is 2.39. The van der Waals surface area contributed by atoms with Gasteiger partial charge in [-0.3, -0.25) is 4.79 Å². The predicted octanol–water partition coefficient (Wildman–Crippen LogP) is 3.16. The molecule has 2 aliphatic heterocycles. The van der Waals surface area contributed by atoms with Gasteiger partial charge in [0.15, 0.2) is 11.5 Å². The third-order valence-corrected chi connectivity index (χ3v) is 6.92. The summed E-state index contributed by atoms with van der Waals surface area (Å²) in [6.07, 6.45) is 1.58. The van der Waals surface area contributed by atoms with Gasteiger partial charge in [0, 0.05) is 36.3 Å². The first-order chi connectivity index (χ1) is 14.2. The molecular weight excluding hydrogens is 384 g/mol. The number of carbonyl (C=O) groups excluding carboxylic acids is 1. The van der Waals surface area contributed by atoms with Gasteiger partial charge in [0.2, 0.25) is 5.91 Å². The average molecular weight is 413 g/mol. The molecule has 2 atom stereocenters. The van der Waals surface area contributed by atoms with Crippen LogP contribution in [0.25, 0.3) is 0 Å². The Bertz CT molecular complexity index is 873. The van der Waals surface area contributed by atoms with Crippen LogP contribution >= 0.6 is 11.8 Å². The van der Waals surface area contributed by atoms with E-state index in [0.29, 0.717) is 6.54 Å². The molecule has 5 nitrogen and oxygen atoms in total. The van der Waals surface area contributed by atoms with Crippen molar-refractivity contribution in [1.82, 2.24) is 5.32 Å². The van der Waals surface area contributed by atoms with E-state index in [4.69, 9.17) is 9.47 Å². The van der Waals surface area contributed by atoms with Crippen LogP contribution in [0.15, 0.2) is 42.5 Å². The fourth-order valence-electron chi connectivity index (χ4n) is 4.36. The van der Waals surface area contributed by atoms with E-state index in [1.165, 1.54) is 11.3 Å². The van der Waals surface area contributed by atoms with Gasteiger partial charge in [0.05, 0.1) is 20.1 Å². The van der Waals surface area contributed by atoms with Crippen LogP contribution in [-0.2, 0) is 17.6 Å². The minimum absolute atomic E-state index is 0.00287. The molecule has 0 bridgehead atoms. The van der Waals surface area contributed by atoms with Crippen LogP contribution in [0.1, 0.15) is 11.1 Å². The molecule has 1 amide bonds. The molecule has 2 heterocycles. The average Bonchev–Trinajstić information content (AvgIpc) is 2.78. The van der Waals surface area contributed by atoms with Crippen molar-refractivity contribution in [3.05, 3.63) is 53.6 Å². The van der Waals surface area contributed by atoms with Crippen LogP contribution in [0, 0.1) is 5.92 Å². The fraction of sp³-hybridized carbons (Fsp3) is 0.435. The highest BCUT2D eigenvalue weighted by molar-refractivity contribution is 7.99. The van der Waals surface area contributed by atoms with E-state index >= 15 is 0 Å². The monoisotopic (exact) mass is 412 g/mol. The minimum Gasteiger partial charge on any atom is -0.493 e. The van der Waals surface area contributed by atoms with Crippen molar-refractivity contribution in [3.8, 4) is 11.5 Å². The molecule has 2 aliphatic rings. The lowest BCUT2D eigenvalue weighted by molar-refractivity contribution is -0.125. The van der Waals surface area contributed by atoms with Crippen molar-refractivity contribution in [2.75, 3.05) is 43.7 Å². The van der Waals surface area contributed by atoms with Crippen molar-refractivity contribution in [1.29, 1.82) is 0 Å². The summed E-state index contributed by atoms with van der Waals surface area (Å²) >= 11 is 1.96. The molecule has 6 heteroatoms. The molecule has 2 aromatic carbocycles. The van der Waals surface area contributed by atoms with E-state index in [1.807, 2.05) is 30.0 Å². The van der Waals surface area contributed by atoms with Crippen LogP contribution in [0.2, 0.25) is 0 Å². The summed E-state index contributed by atoms with van der Waals surface area (Å²) < 4.78 is 10.7. The summed E-state index contributed by atoms with van der Waals surface area (Å²) in [6, 6.07) is 14.7. The summed E-state index contributed by atoms with van der Waals surface area (Å²) in [5, 5.41) is 3.18. The van der Waals surface area contributed by atoms with Crippen molar-refractivity contribution in [2.45, 2.75) is 18.9 Å². The molecule has 0 aromatic heterocycles. The number of hydrogen-bond acceptors (Lipinski definition) is 5. The Morgan fingerprint density at radius 2 is 2.00 bits per heavy atom. The van der Waals surface area contributed by atoms with E-state index in [1.54, 1.807) is 14.2 Å². The van der Waals surface area contributed by atoms with E-state index < -0.39 is 0 Å². The molecule has 154 valence electrons. The first-order valence-corrected chi connectivity index (χ1v) is 11.3. The van der Waals surface area contributed by atoms with Gasteiger partial charge in [0.1, 0.15) is 0 Å². The van der Waals surface area contributed by atoms with Crippen LogP contribution in [-0.4, -0.2) is 50.8 Å². The first kappa shape index (κ1) is 20.0. The Morgan fingerprint density at radius 3 is 2.83 bits per heavy atom. The van der Waals surface area contributed by atoms with Crippen molar-refractivity contribution >= 4 is 23.4 Å². The van der Waals surface area contributed by atoms with Gasteiger partial charge in [-0.25, -0.2) is 0 Å². The SMILES string of the molecule is COc1ccc(CCNC(=O)C2Cc3ccccc3N3CCSCC23)cc1OC. The maximum Gasteiger partial charge on any atom is 0.225 e. The smallest absolute Gasteiger partial charge is 0.225 e. The number of fused-ring (bicyclic) bond motifs is 3. The quantitative estimate of drug-likeness (QED) is 0.790. The van der Waals surface area contributed by atoms with Crippen LogP contribution in [0.3, 0.4) is 0 Å². The third kappa shape index (κ3) is 4.17. The number of nitrogens with one attached hydrogen (secondary N) is 1. The van der Waals surface area contributed by atoms with Crippen molar-refractivity contribution in [2.24, 2.45) is 5.92 Å². The number of para-hydroxylation sites is 1. The summed E-state index contributed by atoms with van der Waals surface area (Å²) in [5.74, 6) is 3.74. The lowest BCUT2D eigenvalue weighted by Gasteiger charge is -2.45. The maximum absolute atomic E-state index is 13.1. The van der Waals surface area contributed by atoms with Crippen LogP contribution < -0.4 is 19.7 Å². The Balaban J connectivity index is 1.41. The zero-order valence-corrected chi connectivity index (χ0v) is 17.8.